The molecule has 0 aliphatic carbocycles. The van der Waals surface area contributed by atoms with Crippen molar-refractivity contribution in [1.82, 2.24) is 10.3 Å². The number of hydrogen-bond donors (Lipinski definition) is 3. The van der Waals surface area contributed by atoms with Crippen LogP contribution in [0.25, 0.3) is 10.9 Å². The van der Waals surface area contributed by atoms with E-state index in [1.807, 2.05) is 0 Å². The Kier molecular flexibility index (Phi) is 6.63. The van der Waals surface area contributed by atoms with E-state index in [0.717, 1.165) is 19.3 Å². The minimum absolute atomic E-state index is 0.0281. The molecule has 0 aliphatic heterocycles. The van der Waals surface area contributed by atoms with E-state index >= 15 is 0 Å². The van der Waals surface area contributed by atoms with E-state index in [0.29, 0.717) is 19.8 Å². The van der Waals surface area contributed by atoms with E-state index in [2.05, 4.69) is 61.5 Å². The fourth-order valence-corrected chi connectivity index (χ4v) is 2.56. The molecule has 1 heterocycles. The third-order valence-corrected chi connectivity index (χ3v) is 3.84. The first kappa shape index (κ1) is 18.0. The molecular formula is C19H30N2O2. The summed E-state index contributed by atoms with van der Waals surface area (Å²) >= 11 is 0. The zero-order chi connectivity index (χ0) is 16.7. The van der Waals surface area contributed by atoms with Crippen LogP contribution in [0, 0.1) is 0 Å². The minimum atomic E-state index is -0.442. The zero-order valence-electron chi connectivity index (χ0n) is 14.6. The fourth-order valence-electron chi connectivity index (χ4n) is 2.56. The van der Waals surface area contributed by atoms with Gasteiger partial charge in [-0.05, 0) is 51.7 Å². The van der Waals surface area contributed by atoms with Crippen LogP contribution in [0.1, 0.15) is 39.2 Å². The van der Waals surface area contributed by atoms with Crippen molar-refractivity contribution in [1.29, 1.82) is 0 Å². The van der Waals surface area contributed by atoms with Crippen molar-refractivity contribution in [2.24, 2.45) is 0 Å². The standard InChI is InChI=1S/C19H30N2O2/c1-19(2,3)21-13-16(22)14-23-11-7-6-8-15-12-20-18-10-5-4-9-17(15)18/h4-5,9-10,12,16,20-22H,6-8,11,13-14H2,1-3H3. The van der Waals surface area contributed by atoms with Gasteiger partial charge in [-0.2, -0.15) is 0 Å². The highest BCUT2D eigenvalue weighted by molar-refractivity contribution is 5.82. The normalized spacial score (nSPS) is 13.6. The smallest absolute Gasteiger partial charge is 0.0897 e. The molecule has 0 amide bonds. The van der Waals surface area contributed by atoms with E-state index in [4.69, 9.17) is 4.74 Å². The van der Waals surface area contributed by atoms with Crippen LogP contribution in [0.15, 0.2) is 30.5 Å². The molecule has 2 rings (SSSR count). The van der Waals surface area contributed by atoms with Crippen LogP contribution >= 0.6 is 0 Å². The highest BCUT2D eigenvalue weighted by atomic mass is 16.5. The predicted octanol–water partition coefficient (Wildman–Crippen LogP) is 3.26. The number of aryl methyl sites for hydroxylation is 1. The van der Waals surface area contributed by atoms with Crippen LogP contribution in [-0.2, 0) is 11.2 Å². The van der Waals surface area contributed by atoms with Gasteiger partial charge in [0, 0.05) is 35.8 Å². The summed E-state index contributed by atoms with van der Waals surface area (Å²) in [5, 5.41) is 14.4. The number of aromatic nitrogens is 1. The number of β-amino-alcohol motifs (C(OH)–C–C–N with tert-alkyl or cyclic N) is 1. The molecular weight excluding hydrogens is 288 g/mol. The first-order valence-corrected chi connectivity index (χ1v) is 8.51. The summed E-state index contributed by atoms with van der Waals surface area (Å²) in [7, 11) is 0. The molecule has 4 nitrogen and oxygen atoms in total. The highest BCUT2D eigenvalue weighted by Gasteiger charge is 2.12. The predicted molar refractivity (Wildman–Crippen MR) is 95.8 cm³/mol. The molecule has 128 valence electrons. The number of nitrogens with one attached hydrogen (secondary N) is 2. The average molecular weight is 318 g/mol. The van der Waals surface area contributed by atoms with Gasteiger partial charge in [-0.1, -0.05) is 18.2 Å². The Morgan fingerprint density at radius 3 is 2.78 bits per heavy atom. The second-order valence-electron chi connectivity index (χ2n) is 7.18. The van der Waals surface area contributed by atoms with Crippen LogP contribution in [0.4, 0.5) is 0 Å². The topological polar surface area (TPSA) is 57.3 Å². The summed E-state index contributed by atoms with van der Waals surface area (Å²) in [6, 6.07) is 8.40. The number of ether oxygens (including phenoxy) is 1. The van der Waals surface area contributed by atoms with E-state index < -0.39 is 6.10 Å². The van der Waals surface area contributed by atoms with Crippen LogP contribution in [0.5, 0.6) is 0 Å². The molecule has 0 radical (unpaired) electrons. The molecule has 1 unspecified atom stereocenters. The summed E-state index contributed by atoms with van der Waals surface area (Å²) in [4.78, 5) is 3.31. The van der Waals surface area contributed by atoms with Crippen LogP contribution in [0.3, 0.4) is 0 Å². The molecule has 0 fully saturated rings. The van der Waals surface area contributed by atoms with Crippen molar-refractivity contribution in [3.05, 3.63) is 36.0 Å². The number of aliphatic hydroxyl groups is 1. The summed E-state index contributed by atoms with van der Waals surface area (Å²) < 4.78 is 5.57. The van der Waals surface area contributed by atoms with E-state index in [1.165, 1.54) is 16.5 Å². The number of aromatic amines is 1. The average Bonchev–Trinajstić information content (AvgIpc) is 2.91. The summed E-state index contributed by atoms with van der Waals surface area (Å²) in [6.45, 7) is 7.94. The molecule has 23 heavy (non-hydrogen) atoms. The van der Waals surface area contributed by atoms with Gasteiger partial charge >= 0.3 is 0 Å². The summed E-state index contributed by atoms with van der Waals surface area (Å²) in [5.74, 6) is 0. The molecule has 3 N–H and O–H groups in total. The lowest BCUT2D eigenvalue weighted by Crippen LogP contribution is -2.42. The van der Waals surface area contributed by atoms with Crippen LogP contribution in [-0.4, -0.2) is 41.5 Å². The molecule has 0 saturated heterocycles. The zero-order valence-corrected chi connectivity index (χ0v) is 14.6. The molecule has 0 spiro atoms. The number of hydrogen-bond acceptors (Lipinski definition) is 3. The highest BCUT2D eigenvalue weighted by Crippen LogP contribution is 2.19. The third kappa shape index (κ3) is 6.34. The lowest BCUT2D eigenvalue weighted by atomic mass is 10.1. The van der Waals surface area contributed by atoms with Crippen molar-refractivity contribution < 1.29 is 9.84 Å². The molecule has 0 saturated carbocycles. The van der Waals surface area contributed by atoms with Crippen LogP contribution < -0.4 is 5.32 Å². The Morgan fingerprint density at radius 1 is 1.22 bits per heavy atom. The van der Waals surface area contributed by atoms with Crippen molar-refractivity contribution in [3.63, 3.8) is 0 Å². The second-order valence-corrected chi connectivity index (χ2v) is 7.18. The molecule has 0 aliphatic rings. The number of H-pyrrole nitrogens is 1. The number of aliphatic hydroxyl groups excluding tert-OH is 1. The number of rotatable bonds is 9. The molecule has 2 aromatic rings. The lowest BCUT2D eigenvalue weighted by molar-refractivity contribution is 0.0328. The van der Waals surface area contributed by atoms with Gasteiger partial charge in [0.1, 0.15) is 0 Å². The Balaban J connectivity index is 1.57. The van der Waals surface area contributed by atoms with Gasteiger partial charge in [0.15, 0.2) is 0 Å². The van der Waals surface area contributed by atoms with Crippen molar-refractivity contribution in [3.8, 4) is 0 Å². The Morgan fingerprint density at radius 2 is 2.00 bits per heavy atom. The SMILES string of the molecule is CC(C)(C)NCC(O)COCCCCc1c[nH]c2ccccc12. The van der Waals surface area contributed by atoms with Gasteiger partial charge in [-0.3, -0.25) is 0 Å². The molecule has 0 bridgehead atoms. The van der Waals surface area contributed by atoms with E-state index in [9.17, 15) is 5.11 Å². The maximum absolute atomic E-state index is 9.85. The lowest BCUT2D eigenvalue weighted by Gasteiger charge is -2.22. The fraction of sp³-hybridized carbons (Fsp3) is 0.579. The summed E-state index contributed by atoms with van der Waals surface area (Å²) in [5.41, 5.74) is 2.60. The van der Waals surface area contributed by atoms with Gasteiger partial charge in [-0.25, -0.2) is 0 Å². The molecule has 1 aromatic heterocycles. The van der Waals surface area contributed by atoms with Crippen molar-refractivity contribution in [2.45, 2.75) is 51.7 Å². The van der Waals surface area contributed by atoms with Crippen molar-refractivity contribution >= 4 is 10.9 Å². The third-order valence-electron chi connectivity index (χ3n) is 3.84. The first-order valence-electron chi connectivity index (χ1n) is 8.51. The van der Waals surface area contributed by atoms with E-state index in [-0.39, 0.29) is 5.54 Å². The maximum atomic E-state index is 9.85. The first-order chi connectivity index (χ1) is 11.0. The van der Waals surface area contributed by atoms with Gasteiger partial charge in [0.2, 0.25) is 0 Å². The molecule has 1 aromatic carbocycles. The van der Waals surface area contributed by atoms with Gasteiger partial charge < -0.3 is 20.1 Å². The minimum Gasteiger partial charge on any atom is -0.389 e. The second kappa shape index (κ2) is 8.48. The maximum Gasteiger partial charge on any atom is 0.0897 e. The summed E-state index contributed by atoms with van der Waals surface area (Å²) in [6.07, 6.45) is 4.83. The monoisotopic (exact) mass is 318 g/mol. The largest absolute Gasteiger partial charge is 0.389 e. The molecule has 1 atom stereocenters. The van der Waals surface area contributed by atoms with E-state index in [1.54, 1.807) is 0 Å². The van der Waals surface area contributed by atoms with Crippen molar-refractivity contribution in [2.75, 3.05) is 19.8 Å². The quantitative estimate of drug-likeness (QED) is 0.622. The number of unbranched alkanes of at least 4 members (excludes halogenated alkanes) is 1. The molecule has 4 heteroatoms. The Bertz CT molecular complexity index is 586. The number of benzene rings is 1. The van der Waals surface area contributed by atoms with Gasteiger partial charge in [0.25, 0.3) is 0 Å². The number of para-hydroxylation sites is 1. The van der Waals surface area contributed by atoms with Crippen LogP contribution in [0.2, 0.25) is 0 Å². The number of fused-ring (bicyclic) bond motifs is 1. The van der Waals surface area contributed by atoms with Gasteiger partial charge in [-0.15, -0.1) is 0 Å². The Hall–Kier alpha value is -1.36. The van der Waals surface area contributed by atoms with Gasteiger partial charge in [0.05, 0.1) is 12.7 Å². The Labute approximate surface area is 139 Å².